The van der Waals surface area contributed by atoms with E-state index in [0.29, 0.717) is 0 Å². The maximum atomic E-state index is 14.1. The summed E-state index contributed by atoms with van der Waals surface area (Å²) in [6.07, 6.45) is 1.83. The monoisotopic (exact) mass is 296 g/mol. The van der Waals surface area contributed by atoms with Crippen molar-refractivity contribution in [1.29, 1.82) is 0 Å². The Kier molecular flexibility index (Phi) is 3.17. The highest BCUT2D eigenvalue weighted by atomic mass is 35.5. The van der Waals surface area contributed by atoms with E-state index in [1.807, 2.05) is 0 Å². The van der Waals surface area contributed by atoms with E-state index in [-0.39, 0.29) is 28.4 Å². The molecule has 0 radical (unpaired) electrons. The summed E-state index contributed by atoms with van der Waals surface area (Å²) in [6, 6.07) is 3.16. The van der Waals surface area contributed by atoms with Crippen molar-refractivity contribution in [2.45, 2.75) is 31.8 Å². The van der Waals surface area contributed by atoms with Gasteiger partial charge in [-0.25, -0.2) is 4.39 Å². The zero-order chi connectivity index (χ0) is 14.4. The molecule has 3 rings (SSSR count). The molecule has 2 amide bonds. The zero-order valence-electron chi connectivity index (χ0n) is 10.9. The van der Waals surface area contributed by atoms with E-state index in [2.05, 4.69) is 5.32 Å². The SMILES string of the molecule is CC1C(=O)NC(C2CC2)C(=O)N1c1cccc(Cl)c1F. The molecule has 0 bridgehead atoms. The van der Waals surface area contributed by atoms with Gasteiger partial charge in [0.25, 0.3) is 5.91 Å². The van der Waals surface area contributed by atoms with Gasteiger partial charge < -0.3 is 5.32 Å². The van der Waals surface area contributed by atoms with Crippen LogP contribution in [0.3, 0.4) is 0 Å². The molecule has 1 aromatic rings. The van der Waals surface area contributed by atoms with Gasteiger partial charge in [0, 0.05) is 0 Å². The number of nitrogens with one attached hydrogen (secondary N) is 1. The van der Waals surface area contributed by atoms with Crippen molar-refractivity contribution in [2.75, 3.05) is 4.90 Å². The van der Waals surface area contributed by atoms with E-state index in [9.17, 15) is 14.0 Å². The molecular weight excluding hydrogens is 283 g/mol. The van der Waals surface area contributed by atoms with E-state index < -0.39 is 17.9 Å². The molecule has 6 heteroatoms. The van der Waals surface area contributed by atoms with Crippen molar-refractivity contribution in [1.82, 2.24) is 5.32 Å². The highest BCUT2D eigenvalue weighted by Crippen LogP contribution is 2.37. The Labute approximate surface area is 120 Å². The molecule has 1 heterocycles. The largest absolute Gasteiger partial charge is 0.342 e. The molecule has 2 unspecified atom stereocenters. The predicted octanol–water partition coefficient (Wildman–Crippen LogP) is 2.11. The second-order valence-corrected chi connectivity index (χ2v) is 5.69. The molecule has 1 N–H and O–H groups in total. The van der Waals surface area contributed by atoms with Crippen LogP contribution in [0.15, 0.2) is 18.2 Å². The second-order valence-electron chi connectivity index (χ2n) is 5.28. The van der Waals surface area contributed by atoms with Crippen molar-refractivity contribution in [3.8, 4) is 0 Å². The summed E-state index contributed by atoms with van der Waals surface area (Å²) in [4.78, 5) is 25.8. The standard InChI is InChI=1S/C14H14ClFN2O2/c1-7-13(19)17-12(8-5-6-8)14(20)18(7)10-4-2-3-9(15)11(10)16/h2-4,7-8,12H,5-6H2,1H3,(H,17,19). The van der Waals surface area contributed by atoms with Crippen molar-refractivity contribution in [3.63, 3.8) is 0 Å². The van der Waals surface area contributed by atoms with Crippen LogP contribution in [0, 0.1) is 11.7 Å². The lowest BCUT2D eigenvalue weighted by molar-refractivity contribution is -0.134. The molecule has 1 aromatic carbocycles. The number of halogens is 2. The first-order valence-electron chi connectivity index (χ1n) is 6.58. The summed E-state index contributed by atoms with van der Waals surface area (Å²) in [7, 11) is 0. The average molecular weight is 297 g/mol. The Hall–Kier alpha value is -1.62. The Morgan fingerprint density at radius 3 is 2.70 bits per heavy atom. The van der Waals surface area contributed by atoms with Gasteiger partial charge in [-0.15, -0.1) is 0 Å². The van der Waals surface area contributed by atoms with Gasteiger partial charge in [-0.2, -0.15) is 0 Å². The lowest BCUT2D eigenvalue weighted by atomic mass is 10.0. The molecule has 1 saturated carbocycles. The summed E-state index contributed by atoms with van der Waals surface area (Å²) >= 11 is 5.76. The van der Waals surface area contributed by atoms with Crippen LogP contribution >= 0.6 is 11.6 Å². The van der Waals surface area contributed by atoms with Crippen molar-refractivity contribution in [2.24, 2.45) is 5.92 Å². The van der Waals surface area contributed by atoms with Crippen LogP contribution in [-0.4, -0.2) is 23.9 Å². The van der Waals surface area contributed by atoms with Crippen molar-refractivity contribution in [3.05, 3.63) is 29.0 Å². The van der Waals surface area contributed by atoms with E-state index in [0.717, 1.165) is 12.8 Å². The maximum absolute atomic E-state index is 14.1. The molecule has 0 spiro atoms. The maximum Gasteiger partial charge on any atom is 0.250 e. The molecule has 1 saturated heterocycles. The van der Waals surface area contributed by atoms with Crippen LogP contribution in [-0.2, 0) is 9.59 Å². The first-order chi connectivity index (χ1) is 9.50. The lowest BCUT2D eigenvalue weighted by Crippen LogP contribution is -2.63. The minimum atomic E-state index is -0.745. The summed E-state index contributed by atoms with van der Waals surface area (Å²) in [6.45, 7) is 1.58. The predicted molar refractivity (Wildman–Crippen MR) is 73.0 cm³/mol. The average Bonchev–Trinajstić information content (AvgIpc) is 3.23. The number of carbonyl (C=O) groups is 2. The molecule has 1 aliphatic heterocycles. The van der Waals surface area contributed by atoms with E-state index in [1.165, 1.54) is 17.0 Å². The smallest absolute Gasteiger partial charge is 0.250 e. The van der Waals surface area contributed by atoms with Crippen LogP contribution in [0.5, 0.6) is 0 Å². The Bertz CT molecular complexity index is 589. The molecule has 20 heavy (non-hydrogen) atoms. The molecule has 2 aliphatic rings. The van der Waals surface area contributed by atoms with Gasteiger partial charge in [0.05, 0.1) is 10.7 Å². The number of rotatable bonds is 2. The summed E-state index contributed by atoms with van der Waals surface area (Å²) in [5.74, 6) is -1.02. The number of piperazine rings is 1. The zero-order valence-corrected chi connectivity index (χ0v) is 11.7. The van der Waals surface area contributed by atoms with E-state index >= 15 is 0 Å². The van der Waals surface area contributed by atoms with Gasteiger partial charge in [0.15, 0.2) is 5.82 Å². The molecule has 1 aliphatic carbocycles. The third kappa shape index (κ3) is 2.06. The van der Waals surface area contributed by atoms with Crippen molar-refractivity contribution >= 4 is 29.1 Å². The van der Waals surface area contributed by atoms with Gasteiger partial charge in [0.2, 0.25) is 5.91 Å². The van der Waals surface area contributed by atoms with Gasteiger partial charge in [0.1, 0.15) is 12.1 Å². The van der Waals surface area contributed by atoms with E-state index in [1.54, 1.807) is 13.0 Å². The molecular formula is C14H14ClFN2O2. The van der Waals surface area contributed by atoms with Crippen LogP contribution in [0.4, 0.5) is 10.1 Å². The first kappa shape index (κ1) is 13.4. The minimum absolute atomic E-state index is 0.0588. The summed E-state index contributed by atoms with van der Waals surface area (Å²) in [5, 5.41) is 2.67. The summed E-state index contributed by atoms with van der Waals surface area (Å²) < 4.78 is 14.1. The lowest BCUT2D eigenvalue weighted by Gasteiger charge is -2.37. The quantitative estimate of drug-likeness (QED) is 0.909. The Balaban J connectivity index is 2.02. The van der Waals surface area contributed by atoms with Gasteiger partial charge >= 0.3 is 0 Å². The minimum Gasteiger partial charge on any atom is -0.342 e. The van der Waals surface area contributed by atoms with Crippen LogP contribution in [0.25, 0.3) is 0 Å². The number of carbonyl (C=O) groups excluding carboxylic acids is 2. The third-order valence-corrected chi connectivity index (χ3v) is 4.14. The summed E-state index contributed by atoms with van der Waals surface area (Å²) in [5.41, 5.74) is 0.0653. The third-order valence-electron chi connectivity index (χ3n) is 3.85. The Morgan fingerprint density at radius 1 is 1.35 bits per heavy atom. The first-order valence-corrected chi connectivity index (χ1v) is 6.96. The fourth-order valence-corrected chi connectivity index (χ4v) is 2.72. The van der Waals surface area contributed by atoms with Crippen LogP contribution in [0.1, 0.15) is 19.8 Å². The number of nitrogens with zero attached hydrogens (tertiary/aromatic N) is 1. The molecule has 4 nitrogen and oxygen atoms in total. The molecule has 2 atom stereocenters. The van der Waals surface area contributed by atoms with Gasteiger partial charge in [-0.05, 0) is 37.8 Å². The van der Waals surface area contributed by atoms with E-state index in [4.69, 9.17) is 11.6 Å². The highest BCUT2D eigenvalue weighted by Gasteiger charge is 2.46. The normalized spacial score (nSPS) is 26.6. The molecule has 106 valence electrons. The van der Waals surface area contributed by atoms with Crippen LogP contribution in [0.2, 0.25) is 5.02 Å². The number of benzene rings is 1. The number of hydrogen-bond donors (Lipinski definition) is 1. The fourth-order valence-electron chi connectivity index (χ4n) is 2.55. The topological polar surface area (TPSA) is 49.4 Å². The molecule has 0 aromatic heterocycles. The Morgan fingerprint density at radius 2 is 2.05 bits per heavy atom. The number of anilines is 1. The number of amides is 2. The fraction of sp³-hybridized carbons (Fsp3) is 0.429. The molecule has 2 fully saturated rings. The van der Waals surface area contributed by atoms with Gasteiger partial charge in [-0.3, -0.25) is 14.5 Å². The van der Waals surface area contributed by atoms with Gasteiger partial charge in [-0.1, -0.05) is 17.7 Å². The number of hydrogen-bond acceptors (Lipinski definition) is 2. The van der Waals surface area contributed by atoms with Crippen LogP contribution < -0.4 is 10.2 Å². The van der Waals surface area contributed by atoms with Crippen molar-refractivity contribution < 1.29 is 14.0 Å². The highest BCUT2D eigenvalue weighted by molar-refractivity contribution is 6.31. The second kappa shape index (κ2) is 4.74.